The van der Waals surface area contributed by atoms with E-state index in [2.05, 4.69) is 10.3 Å². The summed E-state index contributed by atoms with van der Waals surface area (Å²) in [6.07, 6.45) is 0.312. The topological polar surface area (TPSA) is 62.2 Å². The molecule has 5 heteroatoms. The molecule has 0 aromatic carbocycles. The van der Waals surface area contributed by atoms with Crippen molar-refractivity contribution >= 4 is 17.2 Å². The summed E-state index contributed by atoms with van der Waals surface area (Å²) >= 11 is 1.41. The number of rotatable bonds is 2. The molecule has 1 heterocycles. The van der Waals surface area contributed by atoms with Gasteiger partial charge in [0.05, 0.1) is 16.8 Å². The fourth-order valence-corrected chi connectivity index (χ4v) is 2.94. The van der Waals surface area contributed by atoms with E-state index in [4.69, 9.17) is 0 Å². The molecule has 2 unspecified atom stereocenters. The Morgan fingerprint density at radius 2 is 2.18 bits per heavy atom. The van der Waals surface area contributed by atoms with Crippen LogP contribution in [0, 0.1) is 19.3 Å². The Bertz CT molecular complexity index is 453. The molecule has 0 bridgehead atoms. The largest absolute Gasteiger partial charge is 0.392 e. The van der Waals surface area contributed by atoms with Crippen LogP contribution in [0.4, 0.5) is 0 Å². The van der Waals surface area contributed by atoms with Gasteiger partial charge >= 0.3 is 0 Å². The van der Waals surface area contributed by atoms with Gasteiger partial charge in [-0.3, -0.25) is 4.79 Å². The van der Waals surface area contributed by atoms with E-state index in [-0.39, 0.29) is 23.5 Å². The van der Waals surface area contributed by atoms with Crippen LogP contribution in [0.3, 0.4) is 0 Å². The Morgan fingerprint density at radius 3 is 2.59 bits per heavy atom. The summed E-state index contributed by atoms with van der Waals surface area (Å²) in [5.74, 6) is -0.0712. The molecule has 1 saturated carbocycles. The van der Waals surface area contributed by atoms with Crippen LogP contribution in [0.1, 0.15) is 40.6 Å². The van der Waals surface area contributed by atoms with Gasteiger partial charge in [-0.25, -0.2) is 4.98 Å². The van der Waals surface area contributed by atoms with Crippen LogP contribution >= 0.6 is 11.3 Å². The molecule has 0 saturated heterocycles. The number of nitrogens with one attached hydrogen (secondary N) is 1. The summed E-state index contributed by atoms with van der Waals surface area (Å²) < 4.78 is 0. The fourth-order valence-electron chi connectivity index (χ4n) is 2.11. The molecule has 1 aromatic rings. The Labute approximate surface area is 105 Å². The number of hydrogen-bond acceptors (Lipinski definition) is 4. The zero-order chi connectivity index (χ0) is 12.8. The predicted molar refractivity (Wildman–Crippen MR) is 67.2 cm³/mol. The Morgan fingerprint density at radius 1 is 1.53 bits per heavy atom. The van der Waals surface area contributed by atoms with E-state index in [0.29, 0.717) is 11.3 Å². The van der Waals surface area contributed by atoms with Gasteiger partial charge in [-0.2, -0.15) is 0 Å². The maximum atomic E-state index is 12.1. The first-order valence-corrected chi connectivity index (χ1v) is 6.57. The summed E-state index contributed by atoms with van der Waals surface area (Å²) in [6, 6.07) is 0.0480. The minimum absolute atomic E-state index is 0.0480. The van der Waals surface area contributed by atoms with E-state index in [1.54, 1.807) is 0 Å². The van der Waals surface area contributed by atoms with Crippen LogP contribution in [0.5, 0.6) is 0 Å². The molecule has 1 aliphatic rings. The predicted octanol–water partition coefficient (Wildman–Crippen LogP) is 1.65. The Hall–Kier alpha value is -0.940. The maximum absolute atomic E-state index is 12.1. The van der Waals surface area contributed by atoms with Gasteiger partial charge in [0.1, 0.15) is 4.88 Å². The highest BCUT2D eigenvalue weighted by atomic mass is 32.1. The molecule has 2 N–H and O–H groups in total. The third-order valence-electron chi connectivity index (χ3n) is 3.63. The number of aromatic nitrogens is 1. The first kappa shape index (κ1) is 12.5. The third-order valence-corrected chi connectivity index (χ3v) is 4.70. The minimum Gasteiger partial charge on any atom is -0.392 e. The van der Waals surface area contributed by atoms with Crippen molar-refractivity contribution in [3.63, 3.8) is 0 Å². The van der Waals surface area contributed by atoms with E-state index < -0.39 is 0 Å². The second kappa shape index (κ2) is 4.07. The number of thiazole rings is 1. The Balaban J connectivity index is 2.06. The summed E-state index contributed by atoms with van der Waals surface area (Å²) in [7, 11) is 0. The van der Waals surface area contributed by atoms with Gasteiger partial charge < -0.3 is 10.4 Å². The second-order valence-corrected chi connectivity index (χ2v) is 6.45. The van der Waals surface area contributed by atoms with Gasteiger partial charge in [0, 0.05) is 11.5 Å². The van der Waals surface area contributed by atoms with Crippen LogP contribution in [-0.2, 0) is 0 Å². The first-order chi connectivity index (χ1) is 7.82. The van der Waals surface area contributed by atoms with Gasteiger partial charge in [-0.05, 0) is 20.3 Å². The molecular weight excluding hydrogens is 236 g/mol. The zero-order valence-electron chi connectivity index (χ0n) is 10.6. The minimum atomic E-state index is -0.322. The van der Waals surface area contributed by atoms with E-state index >= 15 is 0 Å². The fraction of sp³-hybridized carbons (Fsp3) is 0.667. The number of aliphatic hydroxyl groups is 1. The highest BCUT2D eigenvalue weighted by Gasteiger charge is 2.48. The monoisotopic (exact) mass is 254 g/mol. The molecule has 94 valence electrons. The summed E-state index contributed by atoms with van der Waals surface area (Å²) in [5.41, 5.74) is 0.547. The van der Waals surface area contributed by atoms with Crippen LogP contribution in [-0.4, -0.2) is 28.1 Å². The number of amides is 1. The number of aryl methyl sites for hydroxylation is 2. The number of hydrogen-bond donors (Lipinski definition) is 2. The molecule has 0 radical (unpaired) electrons. The third kappa shape index (κ3) is 2.09. The molecule has 17 heavy (non-hydrogen) atoms. The van der Waals surface area contributed by atoms with Crippen molar-refractivity contribution in [2.24, 2.45) is 5.41 Å². The van der Waals surface area contributed by atoms with E-state index in [1.165, 1.54) is 11.3 Å². The first-order valence-electron chi connectivity index (χ1n) is 5.75. The van der Waals surface area contributed by atoms with Crippen molar-refractivity contribution in [3.8, 4) is 0 Å². The lowest BCUT2D eigenvalue weighted by Gasteiger charge is -2.49. The number of aliphatic hydroxyl groups excluding tert-OH is 1. The Kier molecular flexibility index (Phi) is 2.99. The average Bonchev–Trinajstić information content (AvgIpc) is 2.57. The molecule has 4 nitrogen and oxygen atoms in total. The number of nitrogens with zero attached hydrogens (tertiary/aromatic N) is 1. The van der Waals surface area contributed by atoms with Gasteiger partial charge in [-0.1, -0.05) is 13.8 Å². The quantitative estimate of drug-likeness (QED) is 0.843. The molecule has 1 aromatic heterocycles. The highest BCUT2D eigenvalue weighted by Crippen LogP contribution is 2.40. The standard InChI is InChI=1S/C12H18N2O2S/c1-6-10(17-7(2)13-6)11(16)14-8-5-9(15)12(8,3)4/h8-9,15H,5H2,1-4H3,(H,14,16). The van der Waals surface area contributed by atoms with Gasteiger partial charge in [0.2, 0.25) is 0 Å². The molecule has 2 atom stereocenters. The maximum Gasteiger partial charge on any atom is 0.263 e. The van der Waals surface area contributed by atoms with Crippen molar-refractivity contribution in [2.75, 3.05) is 0 Å². The molecule has 0 aliphatic heterocycles. The molecular formula is C12H18N2O2S. The highest BCUT2D eigenvalue weighted by molar-refractivity contribution is 7.13. The summed E-state index contributed by atoms with van der Waals surface area (Å²) in [4.78, 5) is 17.0. The average molecular weight is 254 g/mol. The van der Waals surface area contributed by atoms with E-state index in [0.717, 1.165) is 10.7 Å². The van der Waals surface area contributed by atoms with Gasteiger partial charge in [0.25, 0.3) is 5.91 Å². The second-order valence-electron chi connectivity index (χ2n) is 5.25. The smallest absolute Gasteiger partial charge is 0.263 e. The molecule has 0 spiro atoms. The van der Waals surface area contributed by atoms with Crippen LogP contribution in [0.2, 0.25) is 0 Å². The van der Waals surface area contributed by atoms with E-state index in [1.807, 2.05) is 27.7 Å². The van der Waals surface area contributed by atoms with Crippen LogP contribution < -0.4 is 5.32 Å². The summed E-state index contributed by atoms with van der Waals surface area (Å²) in [6.45, 7) is 7.68. The van der Waals surface area contributed by atoms with Crippen molar-refractivity contribution in [3.05, 3.63) is 15.6 Å². The van der Waals surface area contributed by atoms with E-state index in [9.17, 15) is 9.90 Å². The molecule has 1 fully saturated rings. The zero-order valence-corrected chi connectivity index (χ0v) is 11.4. The van der Waals surface area contributed by atoms with Crippen molar-refractivity contribution in [1.29, 1.82) is 0 Å². The van der Waals surface area contributed by atoms with Gasteiger partial charge in [-0.15, -0.1) is 11.3 Å². The van der Waals surface area contributed by atoms with Crippen molar-refractivity contribution in [2.45, 2.75) is 46.3 Å². The van der Waals surface area contributed by atoms with Gasteiger partial charge in [0.15, 0.2) is 0 Å². The lowest BCUT2D eigenvalue weighted by molar-refractivity contribution is -0.0689. The number of carbonyl (C=O) groups is 1. The lowest BCUT2D eigenvalue weighted by Crippen LogP contribution is -2.61. The SMILES string of the molecule is Cc1nc(C)c(C(=O)NC2CC(O)C2(C)C)s1. The number of carbonyl (C=O) groups excluding carboxylic acids is 1. The molecule has 1 aliphatic carbocycles. The normalized spacial score (nSPS) is 26.4. The van der Waals surface area contributed by atoms with Crippen molar-refractivity contribution < 1.29 is 9.90 Å². The van der Waals surface area contributed by atoms with Crippen LogP contribution in [0.25, 0.3) is 0 Å². The molecule has 2 rings (SSSR count). The molecule has 1 amide bonds. The lowest BCUT2D eigenvalue weighted by atomic mass is 9.64. The van der Waals surface area contributed by atoms with Crippen LogP contribution in [0.15, 0.2) is 0 Å². The summed E-state index contributed by atoms with van der Waals surface area (Å²) in [5, 5.41) is 13.5. The van der Waals surface area contributed by atoms with Crippen molar-refractivity contribution in [1.82, 2.24) is 10.3 Å².